The zero-order valence-corrected chi connectivity index (χ0v) is 11.8. The van der Waals surface area contributed by atoms with E-state index in [-0.39, 0.29) is 0 Å². The van der Waals surface area contributed by atoms with Gasteiger partial charge in [0.2, 0.25) is 5.95 Å². The van der Waals surface area contributed by atoms with Crippen LogP contribution in [0.15, 0.2) is 30.5 Å². The first kappa shape index (κ1) is 13.1. The molecule has 1 saturated heterocycles. The minimum Gasteiger partial charge on any atom is -0.339 e. The molecular weight excluding hydrogens is 274 g/mol. The van der Waals surface area contributed by atoms with Gasteiger partial charge in [-0.2, -0.15) is 10.1 Å². The Labute approximate surface area is 123 Å². The first-order chi connectivity index (χ1) is 9.83. The summed E-state index contributed by atoms with van der Waals surface area (Å²) < 4.78 is 0. The fraction of sp³-hybridized carbons (Fsp3) is 0.357. The van der Waals surface area contributed by atoms with E-state index in [1.54, 1.807) is 6.20 Å². The van der Waals surface area contributed by atoms with Gasteiger partial charge in [0.05, 0.1) is 16.9 Å². The van der Waals surface area contributed by atoms with E-state index >= 15 is 0 Å². The molecule has 5 nitrogen and oxygen atoms in total. The van der Waals surface area contributed by atoms with Gasteiger partial charge in [0, 0.05) is 13.1 Å². The number of anilines is 3. The van der Waals surface area contributed by atoms with E-state index in [0.29, 0.717) is 16.8 Å². The van der Waals surface area contributed by atoms with Gasteiger partial charge >= 0.3 is 0 Å². The highest BCUT2D eigenvalue weighted by Crippen LogP contribution is 2.24. The number of benzene rings is 1. The molecule has 1 aliphatic rings. The molecule has 1 aliphatic heterocycles. The van der Waals surface area contributed by atoms with E-state index in [2.05, 4.69) is 25.4 Å². The van der Waals surface area contributed by atoms with Crippen LogP contribution in [0, 0.1) is 0 Å². The second kappa shape index (κ2) is 6.05. The van der Waals surface area contributed by atoms with Gasteiger partial charge in [-0.3, -0.25) is 0 Å². The molecule has 1 fully saturated rings. The van der Waals surface area contributed by atoms with Crippen LogP contribution in [-0.2, 0) is 0 Å². The zero-order chi connectivity index (χ0) is 13.8. The van der Waals surface area contributed by atoms with Gasteiger partial charge in [-0.15, -0.1) is 5.10 Å². The Morgan fingerprint density at radius 2 is 1.90 bits per heavy atom. The van der Waals surface area contributed by atoms with Crippen LogP contribution in [0.5, 0.6) is 0 Å². The van der Waals surface area contributed by atoms with Crippen LogP contribution in [0.25, 0.3) is 0 Å². The predicted octanol–water partition coefficient (Wildman–Crippen LogP) is 3.26. The third-order valence-electron chi connectivity index (χ3n) is 3.32. The van der Waals surface area contributed by atoms with Crippen LogP contribution < -0.4 is 10.2 Å². The smallest absolute Gasteiger partial charge is 0.247 e. The molecule has 104 valence electrons. The normalized spacial score (nSPS) is 15.2. The van der Waals surface area contributed by atoms with Crippen LogP contribution >= 0.6 is 11.6 Å². The van der Waals surface area contributed by atoms with E-state index in [4.69, 9.17) is 11.6 Å². The van der Waals surface area contributed by atoms with Crippen molar-refractivity contribution in [3.05, 3.63) is 35.5 Å². The maximum Gasteiger partial charge on any atom is 0.247 e. The van der Waals surface area contributed by atoms with Crippen molar-refractivity contribution in [1.29, 1.82) is 0 Å². The summed E-state index contributed by atoms with van der Waals surface area (Å²) in [6.07, 6.45) is 5.26. The Bertz CT molecular complexity index is 583. The summed E-state index contributed by atoms with van der Waals surface area (Å²) in [7, 11) is 0. The van der Waals surface area contributed by atoms with E-state index in [1.165, 1.54) is 19.3 Å². The summed E-state index contributed by atoms with van der Waals surface area (Å²) in [5.41, 5.74) is 0.819. The van der Waals surface area contributed by atoms with Crippen molar-refractivity contribution in [2.45, 2.75) is 19.3 Å². The third kappa shape index (κ3) is 2.99. The first-order valence-electron chi connectivity index (χ1n) is 6.79. The molecule has 0 aliphatic carbocycles. The van der Waals surface area contributed by atoms with Crippen molar-refractivity contribution >= 4 is 29.1 Å². The first-order valence-corrected chi connectivity index (χ1v) is 7.17. The molecule has 1 aromatic heterocycles. The maximum atomic E-state index is 6.13. The van der Waals surface area contributed by atoms with Crippen molar-refractivity contribution in [2.24, 2.45) is 0 Å². The predicted molar refractivity (Wildman–Crippen MR) is 80.6 cm³/mol. The Morgan fingerprint density at radius 3 is 2.70 bits per heavy atom. The van der Waals surface area contributed by atoms with Gasteiger partial charge in [0.1, 0.15) is 0 Å². The topological polar surface area (TPSA) is 53.9 Å². The lowest BCUT2D eigenvalue weighted by Gasteiger charge is -2.26. The molecule has 3 rings (SSSR count). The minimum absolute atomic E-state index is 0.658. The molecule has 0 atom stereocenters. The average molecular weight is 290 g/mol. The number of hydrogen-bond donors (Lipinski definition) is 1. The molecule has 0 radical (unpaired) electrons. The Morgan fingerprint density at radius 1 is 1.10 bits per heavy atom. The number of piperidine rings is 1. The van der Waals surface area contributed by atoms with Crippen LogP contribution in [0.1, 0.15) is 19.3 Å². The number of aromatic nitrogens is 3. The van der Waals surface area contributed by atoms with Crippen molar-refractivity contribution in [1.82, 2.24) is 15.2 Å². The highest BCUT2D eigenvalue weighted by molar-refractivity contribution is 6.33. The van der Waals surface area contributed by atoms with Gasteiger partial charge in [0.25, 0.3) is 0 Å². The molecule has 20 heavy (non-hydrogen) atoms. The lowest BCUT2D eigenvalue weighted by Crippen LogP contribution is -2.31. The van der Waals surface area contributed by atoms with Crippen LogP contribution in [0.2, 0.25) is 5.02 Å². The molecule has 0 saturated carbocycles. The van der Waals surface area contributed by atoms with E-state index in [9.17, 15) is 0 Å². The molecule has 0 bridgehead atoms. The summed E-state index contributed by atoms with van der Waals surface area (Å²) in [6.45, 7) is 1.99. The highest BCUT2D eigenvalue weighted by atomic mass is 35.5. The fourth-order valence-electron chi connectivity index (χ4n) is 2.28. The number of rotatable bonds is 3. The summed E-state index contributed by atoms with van der Waals surface area (Å²) in [5, 5.41) is 12.0. The molecule has 0 amide bonds. The lowest BCUT2D eigenvalue weighted by molar-refractivity contribution is 0.565. The summed E-state index contributed by atoms with van der Waals surface area (Å²) in [4.78, 5) is 6.69. The van der Waals surface area contributed by atoms with Gasteiger partial charge in [-0.1, -0.05) is 23.7 Å². The SMILES string of the molecule is Clc1ccccc1Nc1cnnc(N2CCCCC2)n1. The number of nitrogens with one attached hydrogen (secondary N) is 1. The number of hydrogen-bond acceptors (Lipinski definition) is 5. The van der Waals surface area contributed by atoms with E-state index < -0.39 is 0 Å². The second-order valence-corrected chi connectivity index (χ2v) is 5.20. The molecule has 1 N–H and O–H groups in total. The third-order valence-corrected chi connectivity index (χ3v) is 3.65. The van der Waals surface area contributed by atoms with Crippen LogP contribution in [-0.4, -0.2) is 28.3 Å². The number of para-hydroxylation sites is 1. The van der Waals surface area contributed by atoms with Crippen LogP contribution in [0.4, 0.5) is 17.5 Å². The zero-order valence-electron chi connectivity index (χ0n) is 11.1. The molecule has 0 spiro atoms. The summed E-state index contributed by atoms with van der Waals surface area (Å²) >= 11 is 6.13. The van der Waals surface area contributed by atoms with Gasteiger partial charge in [-0.25, -0.2) is 0 Å². The Hall–Kier alpha value is -1.88. The minimum atomic E-state index is 0.658. The number of halogens is 1. The van der Waals surface area contributed by atoms with Gasteiger partial charge in [-0.05, 0) is 31.4 Å². The van der Waals surface area contributed by atoms with E-state index in [0.717, 1.165) is 18.8 Å². The number of nitrogens with zero attached hydrogens (tertiary/aromatic N) is 4. The van der Waals surface area contributed by atoms with Gasteiger partial charge < -0.3 is 10.2 Å². The largest absolute Gasteiger partial charge is 0.339 e. The van der Waals surface area contributed by atoms with Crippen molar-refractivity contribution in [3.63, 3.8) is 0 Å². The standard InChI is InChI=1S/C14H16ClN5/c15-11-6-2-3-7-12(11)17-13-10-16-19-14(18-13)20-8-4-1-5-9-20/h2-3,6-7,10H,1,4-5,8-9H2,(H,17,18,19). The lowest BCUT2D eigenvalue weighted by atomic mass is 10.1. The monoisotopic (exact) mass is 289 g/mol. The Balaban J connectivity index is 1.79. The molecule has 2 aromatic rings. The van der Waals surface area contributed by atoms with Crippen LogP contribution in [0.3, 0.4) is 0 Å². The maximum absolute atomic E-state index is 6.13. The Kier molecular flexibility index (Phi) is 3.97. The fourth-order valence-corrected chi connectivity index (χ4v) is 2.47. The average Bonchev–Trinajstić information content (AvgIpc) is 2.51. The molecule has 2 heterocycles. The van der Waals surface area contributed by atoms with Gasteiger partial charge in [0.15, 0.2) is 5.82 Å². The second-order valence-electron chi connectivity index (χ2n) is 4.79. The van der Waals surface area contributed by atoms with Crippen molar-refractivity contribution < 1.29 is 0 Å². The molecule has 6 heteroatoms. The summed E-state index contributed by atoms with van der Waals surface area (Å²) in [6, 6.07) is 7.56. The highest BCUT2D eigenvalue weighted by Gasteiger charge is 2.14. The summed E-state index contributed by atoms with van der Waals surface area (Å²) in [5.74, 6) is 1.34. The van der Waals surface area contributed by atoms with E-state index in [1.807, 2.05) is 24.3 Å². The molecular formula is C14H16ClN5. The molecule has 0 unspecified atom stereocenters. The van der Waals surface area contributed by atoms with Crippen molar-refractivity contribution in [2.75, 3.05) is 23.3 Å². The van der Waals surface area contributed by atoms with Crippen molar-refractivity contribution in [3.8, 4) is 0 Å². The quantitative estimate of drug-likeness (QED) is 0.940. The molecule has 1 aromatic carbocycles.